The lowest BCUT2D eigenvalue weighted by Crippen LogP contribution is -2.03. The van der Waals surface area contributed by atoms with E-state index in [1.807, 2.05) is 18.2 Å². The number of carbonyl (C=O) groups is 1. The van der Waals surface area contributed by atoms with Gasteiger partial charge in [0.2, 0.25) is 0 Å². The Hall–Kier alpha value is -1.03. The number of methoxy groups -OCH3 is 1. The van der Waals surface area contributed by atoms with Gasteiger partial charge >= 0.3 is 0 Å². The summed E-state index contributed by atoms with van der Waals surface area (Å²) in [5.74, 6) is 0.662. The van der Waals surface area contributed by atoms with Crippen molar-refractivity contribution in [2.45, 2.75) is 13.3 Å². The second-order valence-electron chi connectivity index (χ2n) is 2.79. The van der Waals surface area contributed by atoms with Gasteiger partial charge in [0, 0.05) is 15.9 Å². The topological polar surface area (TPSA) is 38.3 Å². The SMILES string of the molecule is CCc1ccc(OC)c(NC(=O)Br)c1. The summed E-state index contributed by atoms with van der Waals surface area (Å²) in [7, 11) is 1.57. The Morgan fingerprint density at radius 2 is 2.29 bits per heavy atom. The number of rotatable bonds is 3. The van der Waals surface area contributed by atoms with Gasteiger partial charge in [0.15, 0.2) is 0 Å². The Bertz CT molecular complexity index is 339. The van der Waals surface area contributed by atoms with Gasteiger partial charge in [0.05, 0.1) is 12.8 Å². The quantitative estimate of drug-likeness (QED) is 0.667. The van der Waals surface area contributed by atoms with Gasteiger partial charge in [0.25, 0.3) is 4.82 Å². The Balaban J connectivity index is 3.01. The molecule has 0 aliphatic carbocycles. The molecule has 0 saturated carbocycles. The van der Waals surface area contributed by atoms with Crippen LogP contribution < -0.4 is 10.1 Å². The molecule has 1 N–H and O–H groups in total. The van der Waals surface area contributed by atoms with Gasteiger partial charge in [-0.15, -0.1) is 0 Å². The molecular weight excluding hydrogens is 246 g/mol. The smallest absolute Gasteiger partial charge is 0.291 e. The minimum atomic E-state index is -0.274. The number of hydrogen-bond donors (Lipinski definition) is 1. The second kappa shape index (κ2) is 5.00. The molecule has 0 fully saturated rings. The Morgan fingerprint density at radius 3 is 2.79 bits per heavy atom. The zero-order valence-electron chi connectivity index (χ0n) is 8.13. The van der Waals surface area contributed by atoms with Crippen molar-refractivity contribution < 1.29 is 9.53 Å². The first-order chi connectivity index (χ1) is 6.67. The molecule has 0 aliphatic heterocycles. The molecule has 1 rings (SSSR count). The molecule has 3 nitrogen and oxygen atoms in total. The van der Waals surface area contributed by atoms with Crippen LogP contribution in [-0.4, -0.2) is 11.9 Å². The van der Waals surface area contributed by atoms with Crippen LogP contribution in [0.5, 0.6) is 5.75 Å². The minimum Gasteiger partial charge on any atom is -0.495 e. The summed E-state index contributed by atoms with van der Waals surface area (Å²) < 4.78 is 5.11. The van der Waals surface area contributed by atoms with Crippen LogP contribution in [0.4, 0.5) is 10.5 Å². The van der Waals surface area contributed by atoms with Gasteiger partial charge in [-0.05, 0) is 24.1 Å². The lowest BCUT2D eigenvalue weighted by molar-refractivity contribution is 0.270. The van der Waals surface area contributed by atoms with Gasteiger partial charge in [-0.25, -0.2) is 0 Å². The summed E-state index contributed by atoms with van der Waals surface area (Å²) in [6, 6.07) is 5.72. The molecule has 0 bridgehead atoms. The van der Waals surface area contributed by atoms with Crippen LogP contribution in [0, 0.1) is 0 Å². The Labute approximate surface area is 91.6 Å². The monoisotopic (exact) mass is 257 g/mol. The molecular formula is C10H12BrNO2. The highest BCUT2D eigenvalue weighted by Gasteiger charge is 2.05. The first-order valence-corrected chi connectivity index (χ1v) is 5.10. The van der Waals surface area contributed by atoms with Gasteiger partial charge in [-0.2, -0.15) is 0 Å². The number of amides is 1. The molecule has 0 atom stereocenters. The third kappa shape index (κ3) is 2.73. The maximum Gasteiger partial charge on any atom is 0.291 e. The maximum absolute atomic E-state index is 10.8. The van der Waals surface area contributed by atoms with Crippen molar-refractivity contribution >= 4 is 26.4 Å². The number of anilines is 1. The highest BCUT2D eigenvalue weighted by molar-refractivity contribution is 9.18. The van der Waals surface area contributed by atoms with E-state index in [0.29, 0.717) is 11.4 Å². The molecule has 1 aromatic carbocycles. The van der Waals surface area contributed by atoms with Crippen molar-refractivity contribution in [3.8, 4) is 5.75 Å². The van der Waals surface area contributed by atoms with Crippen LogP contribution in [0.25, 0.3) is 0 Å². The molecule has 4 heteroatoms. The molecule has 0 unspecified atom stereocenters. The van der Waals surface area contributed by atoms with Crippen molar-refractivity contribution in [3.63, 3.8) is 0 Å². The number of aryl methyl sites for hydroxylation is 1. The van der Waals surface area contributed by atoms with E-state index in [9.17, 15) is 4.79 Å². The fraction of sp³-hybridized carbons (Fsp3) is 0.300. The summed E-state index contributed by atoms with van der Waals surface area (Å²) in [5.41, 5.74) is 1.84. The standard InChI is InChI=1S/C10H12BrNO2/c1-3-7-4-5-9(14-2)8(6-7)12-10(11)13/h4-6H,3H2,1-2H3,(H,12,13). The van der Waals surface area contributed by atoms with Crippen LogP contribution >= 0.6 is 15.9 Å². The van der Waals surface area contributed by atoms with E-state index in [2.05, 4.69) is 28.2 Å². The fourth-order valence-electron chi connectivity index (χ4n) is 1.18. The third-order valence-electron chi connectivity index (χ3n) is 1.91. The zero-order chi connectivity index (χ0) is 10.6. The maximum atomic E-state index is 10.8. The largest absolute Gasteiger partial charge is 0.495 e. The molecule has 0 aromatic heterocycles. The van der Waals surface area contributed by atoms with Crippen LogP contribution in [0.1, 0.15) is 12.5 Å². The summed E-state index contributed by atoms with van der Waals surface area (Å²) in [6.45, 7) is 2.06. The zero-order valence-corrected chi connectivity index (χ0v) is 9.72. The molecule has 0 saturated heterocycles. The van der Waals surface area contributed by atoms with Crippen LogP contribution in [0.2, 0.25) is 0 Å². The first kappa shape index (κ1) is 11.0. The number of nitrogens with one attached hydrogen (secondary N) is 1. The van der Waals surface area contributed by atoms with Crippen molar-refractivity contribution in [1.82, 2.24) is 0 Å². The van der Waals surface area contributed by atoms with Crippen molar-refractivity contribution in [2.75, 3.05) is 12.4 Å². The number of hydrogen-bond acceptors (Lipinski definition) is 2. The highest BCUT2D eigenvalue weighted by Crippen LogP contribution is 2.26. The minimum absolute atomic E-state index is 0.274. The molecule has 1 aromatic rings. The van der Waals surface area contributed by atoms with Crippen molar-refractivity contribution in [2.24, 2.45) is 0 Å². The van der Waals surface area contributed by atoms with Crippen molar-refractivity contribution in [1.29, 1.82) is 0 Å². The predicted octanol–water partition coefficient (Wildman–Crippen LogP) is 3.18. The van der Waals surface area contributed by atoms with E-state index in [1.54, 1.807) is 7.11 Å². The van der Waals surface area contributed by atoms with Gasteiger partial charge < -0.3 is 10.1 Å². The summed E-state index contributed by atoms with van der Waals surface area (Å²) >= 11 is 2.82. The molecule has 14 heavy (non-hydrogen) atoms. The highest BCUT2D eigenvalue weighted by atomic mass is 79.9. The normalized spacial score (nSPS) is 9.64. The molecule has 0 heterocycles. The van der Waals surface area contributed by atoms with E-state index in [1.165, 1.54) is 0 Å². The van der Waals surface area contributed by atoms with E-state index in [-0.39, 0.29) is 4.82 Å². The number of benzene rings is 1. The third-order valence-corrected chi connectivity index (χ3v) is 2.10. The van der Waals surface area contributed by atoms with Crippen LogP contribution in [0.3, 0.4) is 0 Å². The molecule has 0 aliphatic rings. The van der Waals surface area contributed by atoms with E-state index >= 15 is 0 Å². The fourth-order valence-corrected chi connectivity index (χ4v) is 1.39. The van der Waals surface area contributed by atoms with E-state index in [0.717, 1.165) is 12.0 Å². The molecule has 0 spiro atoms. The Morgan fingerprint density at radius 1 is 1.57 bits per heavy atom. The van der Waals surface area contributed by atoms with Gasteiger partial charge in [-0.3, -0.25) is 4.79 Å². The van der Waals surface area contributed by atoms with Crippen LogP contribution in [0.15, 0.2) is 18.2 Å². The summed E-state index contributed by atoms with van der Waals surface area (Å²) in [4.78, 5) is 10.6. The number of carbonyl (C=O) groups excluding carboxylic acids is 1. The van der Waals surface area contributed by atoms with Gasteiger partial charge in [0.1, 0.15) is 5.75 Å². The Kier molecular flexibility index (Phi) is 3.95. The molecule has 0 radical (unpaired) electrons. The first-order valence-electron chi connectivity index (χ1n) is 4.30. The average Bonchev–Trinajstić information content (AvgIpc) is 2.16. The van der Waals surface area contributed by atoms with Crippen molar-refractivity contribution in [3.05, 3.63) is 23.8 Å². The lowest BCUT2D eigenvalue weighted by atomic mass is 10.1. The van der Waals surface area contributed by atoms with E-state index in [4.69, 9.17) is 4.74 Å². The van der Waals surface area contributed by atoms with Gasteiger partial charge in [-0.1, -0.05) is 13.0 Å². The number of ether oxygens (including phenoxy) is 1. The molecule has 76 valence electrons. The number of halogens is 1. The average molecular weight is 258 g/mol. The lowest BCUT2D eigenvalue weighted by Gasteiger charge is -2.09. The van der Waals surface area contributed by atoms with Crippen LogP contribution in [-0.2, 0) is 6.42 Å². The summed E-state index contributed by atoms with van der Waals surface area (Å²) in [5, 5.41) is 2.65. The second-order valence-corrected chi connectivity index (χ2v) is 3.51. The predicted molar refractivity (Wildman–Crippen MR) is 60.3 cm³/mol. The summed E-state index contributed by atoms with van der Waals surface area (Å²) in [6.07, 6.45) is 0.926. The van der Waals surface area contributed by atoms with E-state index < -0.39 is 0 Å². The molecule has 1 amide bonds.